The molecule has 2 saturated heterocycles. The molecule has 0 bridgehead atoms. The fourth-order valence-corrected chi connectivity index (χ4v) is 5.58. The van der Waals surface area contributed by atoms with Gasteiger partial charge in [0.15, 0.2) is 0 Å². The molecule has 26 heavy (non-hydrogen) atoms. The fourth-order valence-electron chi connectivity index (χ4n) is 4.01. The second kappa shape index (κ2) is 6.32. The van der Waals surface area contributed by atoms with Gasteiger partial charge in [0.05, 0.1) is 16.8 Å². The monoisotopic (exact) mass is 375 g/mol. The van der Waals surface area contributed by atoms with Gasteiger partial charge in [-0.25, -0.2) is 12.8 Å². The van der Waals surface area contributed by atoms with Crippen LogP contribution in [0.1, 0.15) is 18.4 Å². The lowest BCUT2D eigenvalue weighted by molar-refractivity contribution is 0.341. The van der Waals surface area contributed by atoms with Gasteiger partial charge < -0.3 is 4.90 Å². The molecule has 7 heteroatoms. The Morgan fingerprint density at radius 3 is 2.69 bits per heavy atom. The van der Waals surface area contributed by atoms with Gasteiger partial charge in [0.1, 0.15) is 5.82 Å². The number of pyridine rings is 1. The third-order valence-corrected chi connectivity index (χ3v) is 7.47. The molecule has 3 heterocycles. The lowest BCUT2D eigenvalue weighted by Crippen LogP contribution is -2.34. The molecule has 0 N–H and O–H groups in total. The van der Waals surface area contributed by atoms with E-state index in [2.05, 4.69) is 9.88 Å². The number of aromatic nitrogens is 1. The maximum absolute atomic E-state index is 13.8. The number of halogens is 1. The number of nitrogens with zero attached hydrogens (tertiary/aromatic N) is 3. The lowest BCUT2D eigenvalue weighted by atomic mass is 9.86. The molecule has 1 aromatic carbocycles. The van der Waals surface area contributed by atoms with E-state index < -0.39 is 15.8 Å². The first-order chi connectivity index (χ1) is 12.4. The van der Waals surface area contributed by atoms with Crippen LogP contribution in [0.4, 0.5) is 10.1 Å². The minimum atomic E-state index is -3.66. The number of rotatable bonds is 3. The van der Waals surface area contributed by atoms with Crippen LogP contribution in [0.2, 0.25) is 0 Å². The van der Waals surface area contributed by atoms with Crippen molar-refractivity contribution in [1.82, 2.24) is 9.29 Å². The van der Waals surface area contributed by atoms with Crippen molar-refractivity contribution in [2.24, 2.45) is 5.41 Å². The summed E-state index contributed by atoms with van der Waals surface area (Å²) in [5.41, 5.74) is 1.49. The Labute approximate surface area is 153 Å². The molecule has 1 atom stereocenters. The van der Waals surface area contributed by atoms with E-state index in [0.717, 1.165) is 37.7 Å². The lowest BCUT2D eigenvalue weighted by Gasteiger charge is -2.25. The fraction of sp³-hybridized carbons (Fsp3) is 0.421. The molecule has 0 radical (unpaired) electrons. The predicted octanol–water partition coefficient (Wildman–Crippen LogP) is 2.82. The van der Waals surface area contributed by atoms with Crippen LogP contribution in [0.15, 0.2) is 47.6 Å². The summed E-state index contributed by atoms with van der Waals surface area (Å²) in [7, 11) is -3.66. The van der Waals surface area contributed by atoms with Gasteiger partial charge in [-0.1, -0.05) is 6.07 Å². The van der Waals surface area contributed by atoms with E-state index >= 15 is 0 Å². The van der Waals surface area contributed by atoms with Crippen molar-refractivity contribution in [3.05, 3.63) is 54.1 Å². The van der Waals surface area contributed by atoms with Crippen molar-refractivity contribution < 1.29 is 12.8 Å². The van der Waals surface area contributed by atoms with E-state index in [4.69, 9.17) is 0 Å². The summed E-state index contributed by atoms with van der Waals surface area (Å²) in [6, 6.07) is 8.09. The molecule has 0 saturated carbocycles. The summed E-state index contributed by atoms with van der Waals surface area (Å²) in [4.78, 5) is 6.48. The first-order valence-electron chi connectivity index (χ1n) is 8.81. The van der Waals surface area contributed by atoms with Gasteiger partial charge in [-0.3, -0.25) is 4.98 Å². The molecule has 2 aliphatic heterocycles. The summed E-state index contributed by atoms with van der Waals surface area (Å²) >= 11 is 0. The van der Waals surface area contributed by atoms with Gasteiger partial charge in [0.25, 0.3) is 0 Å². The molecule has 1 unspecified atom stereocenters. The van der Waals surface area contributed by atoms with Gasteiger partial charge in [-0.2, -0.15) is 4.31 Å². The van der Waals surface area contributed by atoms with Crippen LogP contribution in [-0.4, -0.2) is 43.9 Å². The number of sulfonamides is 1. The standard InChI is InChI=1S/C19H22FN3O2S/c1-15-4-5-17(11-18(15)20)26(24,25)23-10-7-19(14-23)6-9-22(13-19)16-3-2-8-21-12-16/h2-5,8,11-12H,6-7,9-10,13-14H2,1H3. The van der Waals surface area contributed by atoms with Crippen LogP contribution in [0.5, 0.6) is 0 Å². The van der Waals surface area contributed by atoms with E-state index in [-0.39, 0.29) is 10.3 Å². The number of anilines is 1. The van der Waals surface area contributed by atoms with Crippen LogP contribution in [-0.2, 0) is 10.0 Å². The summed E-state index contributed by atoms with van der Waals surface area (Å²) < 4.78 is 41.2. The van der Waals surface area contributed by atoms with Gasteiger partial charge in [0.2, 0.25) is 10.0 Å². The normalized spacial score (nSPS) is 23.8. The minimum Gasteiger partial charge on any atom is -0.370 e. The van der Waals surface area contributed by atoms with Gasteiger partial charge in [-0.15, -0.1) is 0 Å². The molecule has 4 rings (SSSR count). The van der Waals surface area contributed by atoms with Crippen molar-refractivity contribution in [1.29, 1.82) is 0 Å². The van der Waals surface area contributed by atoms with E-state index in [1.54, 1.807) is 13.1 Å². The van der Waals surface area contributed by atoms with E-state index in [1.165, 1.54) is 16.4 Å². The van der Waals surface area contributed by atoms with E-state index in [9.17, 15) is 12.8 Å². The highest BCUT2D eigenvalue weighted by Crippen LogP contribution is 2.42. The smallest absolute Gasteiger partial charge is 0.243 e. The van der Waals surface area contributed by atoms with Crippen molar-refractivity contribution in [3.63, 3.8) is 0 Å². The van der Waals surface area contributed by atoms with Gasteiger partial charge in [0, 0.05) is 37.8 Å². The molecule has 2 aliphatic rings. The van der Waals surface area contributed by atoms with Gasteiger partial charge in [-0.05, 0) is 49.6 Å². The number of hydrogen-bond acceptors (Lipinski definition) is 4. The SMILES string of the molecule is Cc1ccc(S(=O)(=O)N2CCC3(CCN(c4cccnc4)C3)C2)cc1F. The molecule has 2 aromatic rings. The first kappa shape index (κ1) is 17.4. The van der Waals surface area contributed by atoms with Crippen molar-refractivity contribution in [2.75, 3.05) is 31.1 Å². The number of hydrogen-bond donors (Lipinski definition) is 0. The Balaban J connectivity index is 1.52. The molecule has 138 valence electrons. The minimum absolute atomic E-state index is 0.0356. The second-order valence-corrected chi connectivity index (χ2v) is 9.32. The quantitative estimate of drug-likeness (QED) is 0.828. The van der Waals surface area contributed by atoms with E-state index in [1.807, 2.05) is 18.3 Å². The van der Waals surface area contributed by atoms with Crippen molar-refractivity contribution >= 4 is 15.7 Å². The van der Waals surface area contributed by atoms with Crippen LogP contribution in [0, 0.1) is 18.2 Å². The highest BCUT2D eigenvalue weighted by molar-refractivity contribution is 7.89. The summed E-state index contributed by atoms with van der Waals surface area (Å²) in [5, 5.41) is 0. The third-order valence-electron chi connectivity index (χ3n) is 5.63. The van der Waals surface area contributed by atoms with E-state index in [0.29, 0.717) is 18.7 Å². The van der Waals surface area contributed by atoms with Crippen LogP contribution >= 0.6 is 0 Å². The predicted molar refractivity (Wildman–Crippen MR) is 98.0 cm³/mol. The molecule has 1 spiro atoms. The average Bonchev–Trinajstić information content (AvgIpc) is 3.26. The van der Waals surface area contributed by atoms with Crippen LogP contribution in [0.3, 0.4) is 0 Å². The highest BCUT2D eigenvalue weighted by Gasteiger charge is 2.47. The zero-order chi connectivity index (χ0) is 18.4. The average molecular weight is 375 g/mol. The zero-order valence-corrected chi connectivity index (χ0v) is 15.5. The molecule has 5 nitrogen and oxygen atoms in total. The molecule has 2 fully saturated rings. The summed E-state index contributed by atoms with van der Waals surface area (Å²) in [6.07, 6.45) is 5.38. The Hall–Kier alpha value is -1.99. The Morgan fingerprint density at radius 1 is 1.15 bits per heavy atom. The maximum Gasteiger partial charge on any atom is 0.243 e. The van der Waals surface area contributed by atoms with Crippen molar-refractivity contribution in [3.8, 4) is 0 Å². The van der Waals surface area contributed by atoms with Crippen LogP contribution < -0.4 is 4.90 Å². The molecular weight excluding hydrogens is 353 g/mol. The molecular formula is C19H22FN3O2S. The Kier molecular flexibility index (Phi) is 4.23. The third kappa shape index (κ3) is 2.99. The number of aryl methyl sites for hydroxylation is 1. The van der Waals surface area contributed by atoms with Gasteiger partial charge >= 0.3 is 0 Å². The summed E-state index contributed by atoms with van der Waals surface area (Å²) in [5.74, 6) is -0.483. The first-order valence-corrected chi connectivity index (χ1v) is 10.3. The highest BCUT2D eigenvalue weighted by atomic mass is 32.2. The maximum atomic E-state index is 13.8. The Morgan fingerprint density at radius 2 is 1.96 bits per heavy atom. The van der Waals surface area contributed by atoms with Crippen molar-refractivity contribution in [2.45, 2.75) is 24.7 Å². The summed E-state index contributed by atoms with van der Waals surface area (Å²) in [6.45, 7) is 4.33. The largest absolute Gasteiger partial charge is 0.370 e. The topological polar surface area (TPSA) is 53.5 Å². The Bertz CT molecular complexity index is 920. The molecule has 1 aromatic heterocycles. The van der Waals surface area contributed by atoms with Crippen LogP contribution in [0.25, 0.3) is 0 Å². The molecule has 0 amide bonds. The second-order valence-electron chi connectivity index (χ2n) is 7.38. The number of benzene rings is 1. The zero-order valence-electron chi connectivity index (χ0n) is 14.7. The molecule has 0 aliphatic carbocycles.